The van der Waals surface area contributed by atoms with Crippen LogP contribution in [0.15, 0.2) is 24.3 Å². The summed E-state index contributed by atoms with van der Waals surface area (Å²) in [5, 5.41) is 0. The van der Waals surface area contributed by atoms with Crippen LogP contribution in [0.3, 0.4) is 0 Å². The van der Waals surface area contributed by atoms with Crippen molar-refractivity contribution in [3.63, 3.8) is 0 Å². The Bertz CT molecular complexity index is 448. The van der Waals surface area contributed by atoms with E-state index < -0.39 is 0 Å². The fourth-order valence-corrected chi connectivity index (χ4v) is 1.99. The van der Waals surface area contributed by atoms with Gasteiger partial charge in [0.15, 0.2) is 17.6 Å². The van der Waals surface area contributed by atoms with Crippen molar-refractivity contribution in [3.8, 4) is 11.5 Å². The highest BCUT2D eigenvalue weighted by atomic mass is 16.6. The predicted octanol–water partition coefficient (Wildman–Crippen LogP) is 1.02. The predicted molar refractivity (Wildman–Crippen MR) is 72.3 cm³/mol. The summed E-state index contributed by atoms with van der Waals surface area (Å²) in [7, 11) is 1.76. The van der Waals surface area contributed by atoms with E-state index in [0.29, 0.717) is 19.6 Å². The van der Waals surface area contributed by atoms with Gasteiger partial charge in [-0.25, -0.2) is 0 Å². The number of para-hydroxylation sites is 2. The van der Waals surface area contributed by atoms with Gasteiger partial charge in [-0.3, -0.25) is 4.79 Å². The Kier molecular flexibility index (Phi) is 4.27. The fourth-order valence-electron chi connectivity index (χ4n) is 1.99. The molecule has 0 aliphatic carbocycles. The molecule has 0 aromatic heterocycles. The first kappa shape index (κ1) is 13.7. The van der Waals surface area contributed by atoms with Crippen LogP contribution in [0.2, 0.25) is 0 Å². The maximum atomic E-state index is 11.8. The zero-order valence-electron chi connectivity index (χ0n) is 11.3. The Labute approximate surface area is 113 Å². The molecule has 2 N–H and O–H groups in total. The smallest absolute Gasteiger partial charge is 0.223 e. The van der Waals surface area contributed by atoms with E-state index in [4.69, 9.17) is 15.2 Å². The van der Waals surface area contributed by atoms with Crippen LogP contribution in [0.4, 0.5) is 0 Å². The van der Waals surface area contributed by atoms with E-state index in [1.165, 1.54) is 0 Å². The molecule has 1 aromatic carbocycles. The summed E-state index contributed by atoms with van der Waals surface area (Å²) in [6, 6.07) is 7.41. The molecular weight excluding hydrogens is 244 g/mol. The summed E-state index contributed by atoms with van der Waals surface area (Å²) in [6.45, 7) is 2.77. The molecule has 0 saturated heterocycles. The lowest BCUT2D eigenvalue weighted by atomic mass is 10.2. The number of benzene rings is 1. The van der Waals surface area contributed by atoms with E-state index in [1.54, 1.807) is 11.9 Å². The third-order valence-electron chi connectivity index (χ3n) is 2.97. The number of carbonyl (C=O) groups excluding carboxylic acids is 1. The van der Waals surface area contributed by atoms with Crippen LogP contribution in [0.1, 0.15) is 13.3 Å². The number of likely N-dealkylation sites (N-methyl/N-ethyl adjacent to an activating group) is 1. The van der Waals surface area contributed by atoms with Gasteiger partial charge in [-0.1, -0.05) is 12.1 Å². The van der Waals surface area contributed by atoms with Gasteiger partial charge in [0.05, 0.1) is 6.54 Å². The first-order chi connectivity index (χ1) is 9.06. The maximum Gasteiger partial charge on any atom is 0.223 e. The molecule has 104 valence electrons. The Morgan fingerprint density at radius 2 is 2.16 bits per heavy atom. The van der Waals surface area contributed by atoms with Gasteiger partial charge < -0.3 is 20.1 Å². The topological polar surface area (TPSA) is 64.8 Å². The van der Waals surface area contributed by atoms with Crippen LogP contribution >= 0.6 is 0 Å². The van der Waals surface area contributed by atoms with Crippen LogP contribution in [0.25, 0.3) is 0 Å². The molecule has 1 amide bonds. The van der Waals surface area contributed by atoms with Crippen LogP contribution in [-0.2, 0) is 4.79 Å². The minimum Gasteiger partial charge on any atom is -0.486 e. The number of rotatable bonds is 4. The SMILES string of the molecule is CC(N)CC(=O)N(C)CC1COc2ccccc2O1. The zero-order valence-corrected chi connectivity index (χ0v) is 11.3. The van der Waals surface area contributed by atoms with E-state index in [0.717, 1.165) is 11.5 Å². The van der Waals surface area contributed by atoms with Gasteiger partial charge >= 0.3 is 0 Å². The molecule has 0 spiro atoms. The molecule has 1 aliphatic rings. The molecule has 0 radical (unpaired) electrons. The molecule has 2 atom stereocenters. The summed E-state index contributed by atoms with van der Waals surface area (Å²) in [5.41, 5.74) is 5.62. The molecule has 1 heterocycles. The van der Waals surface area contributed by atoms with Crippen LogP contribution in [0, 0.1) is 0 Å². The van der Waals surface area contributed by atoms with Crippen molar-refractivity contribution in [2.45, 2.75) is 25.5 Å². The molecule has 5 nitrogen and oxygen atoms in total. The molecule has 0 saturated carbocycles. The Morgan fingerprint density at radius 1 is 1.47 bits per heavy atom. The minimum absolute atomic E-state index is 0.0254. The lowest BCUT2D eigenvalue weighted by Gasteiger charge is -2.29. The van der Waals surface area contributed by atoms with Crippen molar-refractivity contribution in [1.29, 1.82) is 0 Å². The highest BCUT2D eigenvalue weighted by molar-refractivity contribution is 5.76. The molecule has 2 unspecified atom stereocenters. The minimum atomic E-state index is -0.142. The number of fused-ring (bicyclic) bond motifs is 1. The number of amides is 1. The summed E-state index contributed by atoms with van der Waals surface area (Å²) in [4.78, 5) is 13.5. The van der Waals surface area contributed by atoms with Crippen LogP contribution in [-0.4, -0.2) is 43.2 Å². The lowest BCUT2D eigenvalue weighted by Crippen LogP contribution is -2.42. The Balaban J connectivity index is 1.90. The summed E-state index contributed by atoms with van der Waals surface area (Å²) in [5.74, 6) is 1.51. The van der Waals surface area contributed by atoms with E-state index in [9.17, 15) is 4.79 Å². The van der Waals surface area contributed by atoms with Crippen molar-refractivity contribution in [2.75, 3.05) is 20.2 Å². The lowest BCUT2D eigenvalue weighted by molar-refractivity contribution is -0.131. The third kappa shape index (κ3) is 3.61. The van der Waals surface area contributed by atoms with Gasteiger partial charge in [-0.05, 0) is 19.1 Å². The van der Waals surface area contributed by atoms with Crippen molar-refractivity contribution in [3.05, 3.63) is 24.3 Å². The highest BCUT2D eigenvalue weighted by Gasteiger charge is 2.23. The normalized spacial score (nSPS) is 18.8. The fraction of sp³-hybridized carbons (Fsp3) is 0.500. The molecule has 2 rings (SSSR count). The maximum absolute atomic E-state index is 11.8. The van der Waals surface area contributed by atoms with E-state index in [1.807, 2.05) is 31.2 Å². The van der Waals surface area contributed by atoms with Crippen LogP contribution in [0.5, 0.6) is 11.5 Å². The van der Waals surface area contributed by atoms with Crippen molar-refractivity contribution in [2.24, 2.45) is 5.73 Å². The Morgan fingerprint density at radius 3 is 2.84 bits per heavy atom. The number of hydrogen-bond donors (Lipinski definition) is 1. The van der Waals surface area contributed by atoms with Gasteiger partial charge in [-0.2, -0.15) is 0 Å². The van der Waals surface area contributed by atoms with E-state index in [2.05, 4.69) is 0 Å². The first-order valence-corrected chi connectivity index (χ1v) is 6.44. The average molecular weight is 264 g/mol. The molecule has 19 heavy (non-hydrogen) atoms. The second-order valence-electron chi connectivity index (χ2n) is 4.95. The monoisotopic (exact) mass is 264 g/mol. The van der Waals surface area contributed by atoms with Gasteiger partial charge in [-0.15, -0.1) is 0 Å². The van der Waals surface area contributed by atoms with Gasteiger partial charge in [0.25, 0.3) is 0 Å². The molecule has 1 aromatic rings. The quantitative estimate of drug-likeness (QED) is 0.882. The van der Waals surface area contributed by atoms with E-state index in [-0.39, 0.29) is 18.1 Å². The second-order valence-corrected chi connectivity index (χ2v) is 4.95. The zero-order chi connectivity index (χ0) is 13.8. The number of nitrogens with zero attached hydrogens (tertiary/aromatic N) is 1. The Hall–Kier alpha value is -1.75. The largest absolute Gasteiger partial charge is 0.486 e. The molecular formula is C14H20N2O3. The van der Waals surface area contributed by atoms with Crippen molar-refractivity contribution < 1.29 is 14.3 Å². The van der Waals surface area contributed by atoms with E-state index >= 15 is 0 Å². The molecule has 5 heteroatoms. The molecule has 0 fully saturated rings. The summed E-state index contributed by atoms with van der Waals surface area (Å²) in [6.07, 6.45) is 0.206. The summed E-state index contributed by atoms with van der Waals surface area (Å²) >= 11 is 0. The number of ether oxygens (including phenoxy) is 2. The second kappa shape index (κ2) is 5.93. The summed E-state index contributed by atoms with van der Waals surface area (Å²) < 4.78 is 11.4. The highest BCUT2D eigenvalue weighted by Crippen LogP contribution is 2.30. The third-order valence-corrected chi connectivity index (χ3v) is 2.97. The molecule has 0 bridgehead atoms. The number of hydrogen-bond acceptors (Lipinski definition) is 4. The number of nitrogens with two attached hydrogens (primary N) is 1. The van der Waals surface area contributed by atoms with Gasteiger partial charge in [0, 0.05) is 19.5 Å². The van der Waals surface area contributed by atoms with Crippen LogP contribution < -0.4 is 15.2 Å². The number of carbonyl (C=O) groups is 1. The van der Waals surface area contributed by atoms with Gasteiger partial charge in [0.2, 0.25) is 5.91 Å². The molecule has 1 aliphatic heterocycles. The van der Waals surface area contributed by atoms with Crippen molar-refractivity contribution >= 4 is 5.91 Å². The first-order valence-electron chi connectivity index (χ1n) is 6.44. The standard InChI is InChI=1S/C14H20N2O3/c1-10(15)7-14(17)16(2)8-11-9-18-12-5-3-4-6-13(12)19-11/h3-6,10-11H,7-9,15H2,1-2H3. The van der Waals surface area contributed by atoms with Gasteiger partial charge in [0.1, 0.15) is 6.61 Å². The average Bonchev–Trinajstić information content (AvgIpc) is 2.37. The van der Waals surface area contributed by atoms with Crippen molar-refractivity contribution in [1.82, 2.24) is 4.90 Å².